The van der Waals surface area contributed by atoms with E-state index in [1.807, 2.05) is 61.5 Å². The number of nitrogens with zero attached hydrogens (tertiary/aromatic N) is 17. The molecule has 11 aromatic rings. The molecule has 9 amide bonds. The number of allylic oxidation sites excluding steroid dienone is 3. The Morgan fingerprint density at radius 3 is 1.16 bits per heavy atom. The monoisotopic (exact) mass is 2020 g/mol. The molecule has 38 nitrogen and oxygen atoms in total. The van der Waals surface area contributed by atoms with E-state index in [0.29, 0.717) is 148 Å². The summed E-state index contributed by atoms with van der Waals surface area (Å²) >= 11 is 0. The molecule has 2 unspecified atom stereocenters. The van der Waals surface area contributed by atoms with E-state index in [1.165, 1.54) is 64.3 Å². The van der Waals surface area contributed by atoms with Crippen LogP contribution < -0.4 is 104 Å². The average molecular weight is 2020 g/mol. The maximum atomic E-state index is 14.1. The van der Waals surface area contributed by atoms with Gasteiger partial charge in [0.1, 0.15) is 69.3 Å². The molecule has 0 radical (unpaired) electrons. The van der Waals surface area contributed by atoms with Crippen molar-refractivity contribution >= 4 is 134 Å². The van der Waals surface area contributed by atoms with Crippen LogP contribution in [0.2, 0.25) is 0 Å². The van der Waals surface area contributed by atoms with Gasteiger partial charge < -0.3 is 69.4 Å². The van der Waals surface area contributed by atoms with Gasteiger partial charge in [-0.1, -0.05) is 75.1 Å². The van der Waals surface area contributed by atoms with Crippen LogP contribution in [0.5, 0.6) is 46.0 Å². The largest absolute Gasteiger partial charge is 0.497 e. The van der Waals surface area contributed by atoms with Crippen molar-refractivity contribution < 1.29 is 89.4 Å². The lowest BCUT2D eigenvalue weighted by molar-refractivity contribution is -0.137. The summed E-state index contributed by atoms with van der Waals surface area (Å²) in [6, 6.07) is 36.5. The minimum atomic E-state index is -4.57. The Morgan fingerprint density at radius 1 is 0.426 bits per heavy atom. The number of anilines is 15. The fraction of sp³-hybridized carbons (Fsp3) is 0.308. The number of hydrogen-bond acceptors (Lipinski definition) is 29. The van der Waals surface area contributed by atoms with Gasteiger partial charge in [0, 0.05) is 197 Å². The number of hydrogen-bond donors (Lipinski definition) is 5. The van der Waals surface area contributed by atoms with E-state index in [9.17, 15) is 51.5 Å². The molecule has 148 heavy (non-hydrogen) atoms. The van der Waals surface area contributed by atoms with Gasteiger partial charge in [0.05, 0.1) is 117 Å². The van der Waals surface area contributed by atoms with Crippen LogP contribution in [0.3, 0.4) is 0 Å². The number of urea groups is 4. The molecule has 1 saturated carbocycles. The Kier molecular flexibility index (Phi) is 34.5. The smallest absolute Gasteiger partial charge is 0.416 e. The van der Waals surface area contributed by atoms with E-state index in [1.54, 1.807) is 175 Å². The van der Waals surface area contributed by atoms with Crippen LogP contribution in [0.25, 0.3) is 0 Å². The third-order valence-electron chi connectivity index (χ3n) is 25.7. The van der Waals surface area contributed by atoms with E-state index < -0.39 is 17.5 Å². The van der Waals surface area contributed by atoms with E-state index in [4.69, 9.17) is 42.9 Å². The normalized spacial score (nSPS) is 15.2. The van der Waals surface area contributed by atoms with Gasteiger partial charge in [0.25, 0.3) is 0 Å². The van der Waals surface area contributed by atoms with E-state index in [-0.39, 0.29) is 96.7 Å². The number of alkyl halides is 3. The Morgan fingerprint density at radius 2 is 0.770 bits per heavy atom. The van der Waals surface area contributed by atoms with E-state index in [0.717, 1.165) is 115 Å². The number of benzene rings is 7. The lowest BCUT2D eigenvalue weighted by Crippen LogP contribution is -2.50. The Bertz CT molecular complexity index is 6760. The molecule has 7 aromatic carbocycles. The summed E-state index contributed by atoms with van der Waals surface area (Å²) in [5.41, 5.74) is 9.15. The molecule has 1 aliphatic carbocycles. The maximum absolute atomic E-state index is 14.1. The van der Waals surface area contributed by atoms with Gasteiger partial charge in [-0.05, 0) is 123 Å². The number of aryl methyl sites for hydroxylation is 1. The maximum Gasteiger partial charge on any atom is 0.416 e. The summed E-state index contributed by atoms with van der Waals surface area (Å²) in [7, 11) is 19.2. The van der Waals surface area contributed by atoms with Gasteiger partial charge in [-0.2, -0.15) is 33.1 Å². The number of ether oxygens (including phenoxy) is 8. The number of carbonyl (C=O) groups is 8. The number of nitrogens with one attached hydrogen (secondary N) is 5. The first-order chi connectivity index (χ1) is 71.2. The zero-order chi connectivity index (χ0) is 106. The molecule has 4 aromatic heterocycles. The number of likely N-dealkylation sites (N-methyl/N-ethyl adjacent to an activating group) is 1. The van der Waals surface area contributed by atoms with E-state index >= 15 is 0 Å². The molecular weight excluding hydrogens is 1910 g/mol. The second kappa shape index (κ2) is 48.0. The molecule has 41 heteroatoms. The summed E-state index contributed by atoms with van der Waals surface area (Å²) in [4.78, 5) is 153. The van der Waals surface area contributed by atoms with Crippen molar-refractivity contribution in [2.45, 2.75) is 109 Å². The Labute approximate surface area is 854 Å². The second-order valence-electron chi connectivity index (χ2n) is 35.3. The summed E-state index contributed by atoms with van der Waals surface area (Å²) < 4.78 is 82.7. The topological polar surface area (TPSA) is 403 Å². The summed E-state index contributed by atoms with van der Waals surface area (Å²) in [6.07, 6.45) is 13.2. The van der Waals surface area contributed by atoms with Gasteiger partial charge in [-0.15, -0.1) is 0 Å². The number of halogens is 3. The van der Waals surface area contributed by atoms with Gasteiger partial charge in [0.2, 0.25) is 29.7 Å². The number of amides is 9. The number of ketones is 3. The predicted molar refractivity (Wildman–Crippen MR) is 559 cm³/mol. The SMILES string of the molecule is C=CC(=O)Cc1cc(C(F)(F)F)ccc1Nc1ncc2c(n1)N(C)C(=O)N(c1cc(OC)cc(OC)c1)C2.C=CC(=O)Cc1cc(C)ccc1Nc1ncc2c(n1)N(C)C(=O)N(c1cc(OC)cc(OC)c1)C2.C=CC(=O)Cc1ccccc1Nc1ncc2c(n1)N(CC1CCNCC1)C(=O)N(c1cc(OC)cc(OC)c1)C2.C=CC(=O)N(C)C1CCCCC1Nc1ncc2c(n1)N(C)C(=O)N(c1cc(OC)cc(OC)c1)C2. The van der Waals surface area contributed by atoms with Crippen LogP contribution in [0.15, 0.2) is 209 Å². The zero-order valence-electron chi connectivity index (χ0n) is 84.5. The predicted octanol–water partition coefficient (Wildman–Crippen LogP) is 17.5. The average Bonchev–Trinajstić information content (AvgIpc) is 0.757. The van der Waals surface area contributed by atoms with Crippen molar-refractivity contribution in [2.24, 2.45) is 5.92 Å². The number of carbonyl (C=O) groups excluding carboxylic acids is 8. The van der Waals surface area contributed by atoms with Gasteiger partial charge in [-0.3, -0.25) is 58.4 Å². The molecule has 5 aliphatic heterocycles. The summed E-state index contributed by atoms with van der Waals surface area (Å²) in [5.74, 6) is 7.38. The third kappa shape index (κ3) is 25.2. The molecular formula is C107H117F3N22O16. The first-order valence-corrected chi connectivity index (χ1v) is 47.3. The van der Waals surface area contributed by atoms with Gasteiger partial charge >= 0.3 is 30.3 Å². The summed E-state index contributed by atoms with van der Waals surface area (Å²) in [5, 5.41) is 16.1. The van der Waals surface area contributed by atoms with Crippen molar-refractivity contribution in [3.63, 3.8) is 0 Å². The van der Waals surface area contributed by atoms with Crippen molar-refractivity contribution in [1.82, 2.24) is 50.1 Å². The molecule has 772 valence electrons. The van der Waals surface area contributed by atoms with Crippen molar-refractivity contribution in [1.29, 1.82) is 0 Å². The lowest BCUT2D eigenvalue weighted by atomic mass is 9.89. The molecule has 1 saturated heterocycles. The van der Waals surface area contributed by atoms with Crippen LogP contribution in [-0.4, -0.2) is 209 Å². The first-order valence-electron chi connectivity index (χ1n) is 47.3. The Balaban J connectivity index is 0.000000156. The Hall–Kier alpha value is -17.3. The highest BCUT2D eigenvalue weighted by Crippen LogP contribution is 2.43. The minimum absolute atomic E-state index is 0.0149. The molecule has 9 heterocycles. The highest BCUT2D eigenvalue weighted by atomic mass is 19.4. The number of methoxy groups -OCH3 is 8. The molecule has 6 aliphatic rings. The highest BCUT2D eigenvalue weighted by Gasteiger charge is 2.40. The highest BCUT2D eigenvalue weighted by molar-refractivity contribution is 6.09. The molecule has 2 atom stereocenters. The zero-order valence-corrected chi connectivity index (χ0v) is 84.5. The number of fused-ring (bicyclic) bond motifs is 4. The summed E-state index contributed by atoms with van der Waals surface area (Å²) in [6.45, 7) is 19.5. The number of aromatic nitrogens is 8. The molecule has 5 N–H and O–H groups in total. The second-order valence-corrected chi connectivity index (χ2v) is 35.3. The quantitative estimate of drug-likeness (QED) is 0.0238. The van der Waals surface area contributed by atoms with Crippen LogP contribution in [0.4, 0.5) is 119 Å². The van der Waals surface area contributed by atoms with Gasteiger partial charge in [-0.25, -0.2) is 39.1 Å². The molecule has 0 bridgehead atoms. The number of rotatable bonds is 33. The van der Waals surface area contributed by atoms with Crippen LogP contribution >= 0.6 is 0 Å². The van der Waals surface area contributed by atoms with Crippen LogP contribution in [0.1, 0.15) is 88.6 Å². The van der Waals surface area contributed by atoms with E-state index in [2.05, 4.69) is 87.8 Å². The van der Waals surface area contributed by atoms with Gasteiger partial charge in [0.15, 0.2) is 17.3 Å². The van der Waals surface area contributed by atoms with Crippen molar-refractivity contribution in [2.75, 3.05) is 165 Å². The fourth-order valence-corrected chi connectivity index (χ4v) is 17.7. The first kappa shape index (κ1) is 107. The number of para-hydroxylation sites is 1. The minimum Gasteiger partial charge on any atom is -0.497 e. The molecule has 17 rings (SSSR count). The fourth-order valence-electron chi connectivity index (χ4n) is 17.7. The molecule has 2 fully saturated rings. The van der Waals surface area contributed by atoms with Crippen LogP contribution in [-0.2, 0) is 70.8 Å². The third-order valence-corrected chi connectivity index (χ3v) is 25.7. The van der Waals surface area contributed by atoms with Crippen molar-refractivity contribution in [3.8, 4) is 46.0 Å². The lowest BCUT2D eigenvalue weighted by Gasteiger charge is -2.38. The van der Waals surface area contributed by atoms with Crippen LogP contribution in [0, 0.1) is 12.8 Å². The number of piperidine rings is 1. The standard InChI is InChI=1S/C30H34N6O4.C26H24F3N5O4.C26H27N5O4.C25H32N6O4/c1-4-24(37)13-21-7-5-6-8-27(21)33-29-32-17-22-19-35(23-14-25(39-2)16-26(15-23)40-3)30(38)36(28(22)34-29)18-20-9-11-31-12-10-20;1-5-19(35)9-15-8-17(26(27,28)29)6-7-22(15)31-24-30-13-16-14-34(25(36)33(2)23(16)32-24)18-10-20(37-3)12-21(11-18)38-4;1-6-20(32)10-17-9-16(2)7-8-23(17)28-25-27-14-18-15-31(26(33)30(3)24(18)29-25)19-11-21(34-4)13-22(12-19)35-5;1-6-22(32)29(2)21-10-8-7-9-20(21)27-24-26-14-16-15-31(25(33)30(3)23(16)28-24)17-11-18(34-4)13-19(12-17)35-5/h4-8,14-17,20,31H,1,9-13,18-19H2,2-3H3,(H,32,33,34);5-8,10-13H,1,9,14H2,2-4H3,(H,30,31,32);6-9,11-14H,1,10,15H2,2-5H3,(H,27,28,29);6,11-14,20-21H,1,7-10,15H2,2-5H3,(H,26,27,28). The van der Waals surface area contributed by atoms with Crippen molar-refractivity contribution in [3.05, 3.63) is 259 Å². The molecule has 0 spiro atoms.